The third kappa shape index (κ3) is 4.54. The number of aryl methyl sites for hydroxylation is 1. The average molecular weight is 368 g/mol. The number of aromatic nitrogens is 1. The smallest absolute Gasteiger partial charge is 0.215 e. The number of hydrogen-bond donors (Lipinski definition) is 1. The van der Waals surface area contributed by atoms with E-state index in [2.05, 4.69) is 10.3 Å². The van der Waals surface area contributed by atoms with Crippen molar-refractivity contribution in [2.24, 2.45) is 0 Å². The van der Waals surface area contributed by atoms with Gasteiger partial charge < -0.3 is 5.32 Å². The second-order valence-electron chi connectivity index (χ2n) is 5.67. The first-order chi connectivity index (χ1) is 11.2. The third-order valence-electron chi connectivity index (χ3n) is 4.11. The van der Waals surface area contributed by atoms with Crippen LogP contribution < -0.4 is 5.32 Å². The lowest BCUT2D eigenvalue weighted by Crippen LogP contribution is -2.49. The molecule has 1 aliphatic heterocycles. The molecule has 24 heavy (non-hydrogen) atoms. The van der Waals surface area contributed by atoms with Gasteiger partial charge in [0.05, 0.1) is 11.8 Å². The number of halogens is 1. The van der Waals surface area contributed by atoms with Crippen LogP contribution in [-0.4, -0.2) is 43.1 Å². The van der Waals surface area contributed by atoms with Gasteiger partial charge in [0.15, 0.2) is 0 Å². The van der Waals surface area contributed by atoms with Crippen LogP contribution in [0.3, 0.4) is 0 Å². The van der Waals surface area contributed by atoms with Gasteiger partial charge >= 0.3 is 0 Å². The lowest BCUT2D eigenvalue weighted by molar-refractivity contribution is 0.271. The van der Waals surface area contributed by atoms with E-state index in [4.69, 9.17) is 0 Å². The molecule has 2 heterocycles. The number of sulfonamides is 1. The number of nitrogens with zero attached hydrogens (tertiary/aromatic N) is 2. The number of rotatable bonds is 5. The van der Waals surface area contributed by atoms with Crippen LogP contribution in [0.15, 0.2) is 54.9 Å². The molecule has 1 aliphatic rings. The maximum absolute atomic E-state index is 12.8. The van der Waals surface area contributed by atoms with E-state index in [9.17, 15) is 8.42 Å². The Kier molecular flexibility index (Phi) is 6.74. The normalized spacial score (nSPS) is 18.8. The first kappa shape index (κ1) is 18.9. The summed E-state index contributed by atoms with van der Waals surface area (Å²) in [5, 5.41) is 3.28. The summed E-state index contributed by atoms with van der Waals surface area (Å²) < 4.78 is 27.3. The van der Waals surface area contributed by atoms with Gasteiger partial charge in [-0.1, -0.05) is 36.4 Å². The zero-order chi connectivity index (χ0) is 16.1. The molecular formula is C17H22ClN3O2S. The predicted octanol–water partition coefficient (Wildman–Crippen LogP) is 2.02. The number of hydrogen-bond acceptors (Lipinski definition) is 4. The summed E-state index contributed by atoms with van der Waals surface area (Å²) >= 11 is 0. The Bertz CT molecular complexity index is 726. The minimum absolute atomic E-state index is 0. The fraction of sp³-hybridized carbons (Fsp3) is 0.353. The number of benzene rings is 1. The highest BCUT2D eigenvalue weighted by Crippen LogP contribution is 2.25. The highest BCUT2D eigenvalue weighted by atomic mass is 35.5. The van der Waals surface area contributed by atoms with Crippen LogP contribution >= 0.6 is 12.4 Å². The van der Waals surface area contributed by atoms with Crippen LogP contribution in [0.5, 0.6) is 0 Å². The van der Waals surface area contributed by atoms with Crippen molar-refractivity contribution >= 4 is 22.4 Å². The Morgan fingerprint density at radius 1 is 1.17 bits per heavy atom. The Balaban J connectivity index is 0.00000208. The molecule has 0 spiro atoms. The molecule has 0 amide bonds. The monoisotopic (exact) mass is 367 g/mol. The van der Waals surface area contributed by atoms with Crippen molar-refractivity contribution in [3.8, 4) is 0 Å². The summed E-state index contributed by atoms with van der Waals surface area (Å²) in [7, 11) is -3.31. The van der Waals surface area contributed by atoms with Crippen molar-refractivity contribution in [3.63, 3.8) is 0 Å². The average Bonchev–Trinajstić information content (AvgIpc) is 2.62. The van der Waals surface area contributed by atoms with Crippen molar-refractivity contribution in [1.29, 1.82) is 0 Å². The predicted molar refractivity (Wildman–Crippen MR) is 97.7 cm³/mol. The van der Waals surface area contributed by atoms with Gasteiger partial charge in [0, 0.05) is 32.0 Å². The topological polar surface area (TPSA) is 62.3 Å². The Labute approximate surface area is 149 Å². The van der Waals surface area contributed by atoms with Crippen molar-refractivity contribution in [1.82, 2.24) is 14.6 Å². The van der Waals surface area contributed by atoms with Crippen LogP contribution in [0, 0.1) is 0 Å². The molecule has 3 rings (SSSR count). The number of nitrogens with one attached hydrogen (secondary N) is 1. The molecule has 1 atom stereocenters. The second-order valence-corrected chi connectivity index (χ2v) is 7.71. The van der Waals surface area contributed by atoms with Crippen LogP contribution in [-0.2, 0) is 16.4 Å². The lowest BCUT2D eigenvalue weighted by Gasteiger charge is -2.35. The quantitative estimate of drug-likeness (QED) is 0.878. The Morgan fingerprint density at radius 3 is 2.67 bits per heavy atom. The third-order valence-corrected chi connectivity index (χ3v) is 5.98. The lowest BCUT2D eigenvalue weighted by atomic mass is 10.1. The van der Waals surface area contributed by atoms with Crippen LogP contribution in [0.4, 0.5) is 0 Å². The Hall–Kier alpha value is -1.47. The molecule has 1 N–H and O–H groups in total. The van der Waals surface area contributed by atoms with E-state index in [1.165, 1.54) is 0 Å². The van der Waals surface area contributed by atoms with E-state index < -0.39 is 10.0 Å². The zero-order valence-electron chi connectivity index (χ0n) is 13.3. The number of piperazine rings is 1. The maximum Gasteiger partial charge on any atom is 0.215 e. The molecule has 1 saturated heterocycles. The first-order valence-electron chi connectivity index (χ1n) is 7.81. The van der Waals surface area contributed by atoms with E-state index in [-0.39, 0.29) is 24.2 Å². The molecule has 5 nitrogen and oxygen atoms in total. The second kappa shape index (κ2) is 8.58. The van der Waals surface area contributed by atoms with Gasteiger partial charge in [-0.25, -0.2) is 8.42 Å². The van der Waals surface area contributed by atoms with Crippen LogP contribution in [0.25, 0.3) is 0 Å². The molecule has 1 aromatic heterocycles. The van der Waals surface area contributed by atoms with E-state index in [1.54, 1.807) is 16.7 Å². The molecule has 2 aromatic rings. The summed E-state index contributed by atoms with van der Waals surface area (Å²) in [6.45, 7) is 1.80. The van der Waals surface area contributed by atoms with Crippen LogP contribution in [0.2, 0.25) is 0 Å². The van der Waals surface area contributed by atoms with Crippen molar-refractivity contribution in [2.45, 2.75) is 12.5 Å². The standard InChI is InChI=1S/C17H21N3O2S.ClH/c21-23(22,12-8-15-5-2-1-3-6-15)20-11-10-19-14-17(20)16-7-4-9-18-13-16;/h1-7,9,13,17,19H,8,10-12,14H2;1H. The van der Waals surface area contributed by atoms with Gasteiger partial charge in [-0.05, 0) is 23.6 Å². The highest BCUT2D eigenvalue weighted by molar-refractivity contribution is 7.89. The molecule has 7 heteroatoms. The molecular weight excluding hydrogens is 346 g/mol. The summed E-state index contributed by atoms with van der Waals surface area (Å²) in [5.41, 5.74) is 1.98. The van der Waals surface area contributed by atoms with Gasteiger partial charge in [-0.2, -0.15) is 4.31 Å². The summed E-state index contributed by atoms with van der Waals surface area (Å²) in [4.78, 5) is 4.12. The molecule has 0 radical (unpaired) electrons. The van der Waals surface area contributed by atoms with Gasteiger partial charge in [-0.15, -0.1) is 12.4 Å². The maximum atomic E-state index is 12.8. The summed E-state index contributed by atoms with van der Waals surface area (Å²) in [5.74, 6) is 0.133. The van der Waals surface area contributed by atoms with E-state index >= 15 is 0 Å². The van der Waals surface area contributed by atoms with Gasteiger partial charge in [0.1, 0.15) is 0 Å². The van der Waals surface area contributed by atoms with E-state index in [0.29, 0.717) is 26.1 Å². The molecule has 0 aliphatic carbocycles. The van der Waals surface area contributed by atoms with Gasteiger partial charge in [0.25, 0.3) is 0 Å². The molecule has 0 saturated carbocycles. The molecule has 1 aromatic carbocycles. The largest absolute Gasteiger partial charge is 0.313 e. The zero-order valence-corrected chi connectivity index (χ0v) is 15.0. The summed E-state index contributed by atoms with van der Waals surface area (Å²) in [6, 6.07) is 13.3. The fourth-order valence-electron chi connectivity index (χ4n) is 2.88. The minimum Gasteiger partial charge on any atom is -0.313 e. The van der Waals surface area contributed by atoms with Crippen molar-refractivity contribution in [2.75, 3.05) is 25.4 Å². The van der Waals surface area contributed by atoms with Gasteiger partial charge in [-0.3, -0.25) is 4.98 Å². The molecule has 1 fully saturated rings. The van der Waals surface area contributed by atoms with Crippen molar-refractivity contribution in [3.05, 3.63) is 66.0 Å². The van der Waals surface area contributed by atoms with E-state index in [1.807, 2.05) is 42.5 Å². The molecule has 0 bridgehead atoms. The van der Waals surface area contributed by atoms with Crippen LogP contribution in [0.1, 0.15) is 17.2 Å². The molecule has 130 valence electrons. The first-order valence-corrected chi connectivity index (χ1v) is 9.42. The Morgan fingerprint density at radius 2 is 1.96 bits per heavy atom. The van der Waals surface area contributed by atoms with E-state index in [0.717, 1.165) is 11.1 Å². The highest BCUT2D eigenvalue weighted by Gasteiger charge is 2.32. The SMILES string of the molecule is Cl.O=S(=O)(CCc1ccccc1)N1CCNCC1c1cccnc1. The fourth-order valence-corrected chi connectivity index (χ4v) is 4.57. The van der Waals surface area contributed by atoms with Gasteiger partial charge in [0.2, 0.25) is 10.0 Å². The number of pyridine rings is 1. The minimum atomic E-state index is -3.31. The summed E-state index contributed by atoms with van der Waals surface area (Å²) in [6.07, 6.45) is 3.98. The molecule has 1 unspecified atom stereocenters. The van der Waals surface area contributed by atoms with Crippen molar-refractivity contribution < 1.29 is 8.42 Å².